The first-order chi connectivity index (χ1) is 8.40. The molecule has 1 aliphatic heterocycles. The summed E-state index contributed by atoms with van der Waals surface area (Å²) in [4.78, 5) is 16.3. The van der Waals surface area contributed by atoms with Gasteiger partial charge in [-0.15, -0.1) is 0 Å². The second-order valence-corrected chi connectivity index (χ2v) is 6.78. The predicted molar refractivity (Wildman–Crippen MR) is 79.0 cm³/mol. The third-order valence-electron chi connectivity index (χ3n) is 2.84. The van der Waals surface area contributed by atoms with Crippen molar-refractivity contribution in [2.24, 2.45) is 16.8 Å². The summed E-state index contributed by atoms with van der Waals surface area (Å²) in [7, 11) is 0. The molecule has 1 aliphatic rings. The van der Waals surface area contributed by atoms with Gasteiger partial charge in [-0.05, 0) is 18.8 Å². The Morgan fingerprint density at radius 1 is 1.39 bits per heavy atom. The Labute approximate surface area is 114 Å². The number of hydrogen-bond acceptors (Lipinski definition) is 4. The van der Waals surface area contributed by atoms with E-state index in [0.717, 1.165) is 18.3 Å². The van der Waals surface area contributed by atoms with Gasteiger partial charge in [0.2, 0.25) is 5.91 Å². The van der Waals surface area contributed by atoms with Gasteiger partial charge in [0, 0.05) is 11.8 Å². The van der Waals surface area contributed by atoms with E-state index in [1.807, 2.05) is 6.92 Å². The molecule has 1 rings (SSSR count). The summed E-state index contributed by atoms with van der Waals surface area (Å²) >= 11 is 1.75. The van der Waals surface area contributed by atoms with Gasteiger partial charge >= 0.3 is 0 Å². The molecule has 104 valence electrons. The van der Waals surface area contributed by atoms with Gasteiger partial charge in [0.1, 0.15) is 6.04 Å². The molecule has 0 radical (unpaired) electrons. The first-order valence-corrected chi connectivity index (χ1v) is 7.53. The molecule has 0 bridgehead atoms. The Morgan fingerprint density at radius 3 is 2.56 bits per heavy atom. The van der Waals surface area contributed by atoms with Gasteiger partial charge in [0.05, 0.1) is 6.54 Å². The number of nitrogens with zero attached hydrogens (tertiary/aromatic N) is 1. The highest BCUT2D eigenvalue weighted by molar-refractivity contribution is 8.14. The second-order valence-electron chi connectivity index (χ2n) is 5.55. The van der Waals surface area contributed by atoms with Gasteiger partial charge < -0.3 is 10.6 Å². The van der Waals surface area contributed by atoms with E-state index in [9.17, 15) is 4.79 Å². The number of carbonyl (C=O) groups excluding carboxylic acids is 1. The Kier molecular flexibility index (Phi) is 5.99. The lowest BCUT2D eigenvalue weighted by atomic mass is 10.1. The fraction of sp³-hybridized carbons (Fsp3) is 0.846. The van der Waals surface area contributed by atoms with Crippen molar-refractivity contribution >= 4 is 22.8 Å². The zero-order valence-electron chi connectivity index (χ0n) is 12.0. The topological polar surface area (TPSA) is 53.5 Å². The molecule has 0 spiro atoms. The molecule has 0 saturated carbocycles. The van der Waals surface area contributed by atoms with Crippen LogP contribution in [0.1, 0.15) is 34.6 Å². The van der Waals surface area contributed by atoms with Crippen molar-refractivity contribution < 1.29 is 4.79 Å². The van der Waals surface area contributed by atoms with Crippen LogP contribution in [-0.4, -0.2) is 35.5 Å². The van der Waals surface area contributed by atoms with E-state index in [-0.39, 0.29) is 11.9 Å². The summed E-state index contributed by atoms with van der Waals surface area (Å²) in [6.45, 7) is 12.0. The molecule has 2 atom stereocenters. The number of carbonyl (C=O) groups is 1. The van der Waals surface area contributed by atoms with Crippen molar-refractivity contribution in [3.8, 4) is 0 Å². The molecule has 18 heavy (non-hydrogen) atoms. The summed E-state index contributed by atoms with van der Waals surface area (Å²) in [5, 5.41) is 7.56. The molecular formula is C13H25N3OS. The van der Waals surface area contributed by atoms with Crippen LogP contribution in [0, 0.1) is 11.8 Å². The number of nitrogens with one attached hydrogen (secondary N) is 2. The van der Waals surface area contributed by atoms with Crippen LogP contribution in [-0.2, 0) is 4.79 Å². The maximum Gasteiger partial charge on any atom is 0.242 e. The number of hydrogen-bond donors (Lipinski definition) is 2. The summed E-state index contributed by atoms with van der Waals surface area (Å²) in [5.41, 5.74) is 0. The average Bonchev–Trinajstić information content (AvgIpc) is 2.74. The lowest BCUT2D eigenvalue weighted by Gasteiger charge is -2.17. The highest BCUT2D eigenvalue weighted by Crippen LogP contribution is 2.25. The smallest absolute Gasteiger partial charge is 0.242 e. The molecule has 1 heterocycles. The predicted octanol–water partition coefficient (Wildman–Crippen LogP) is 1.86. The Bertz CT molecular complexity index is 315. The fourth-order valence-electron chi connectivity index (χ4n) is 1.53. The zero-order chi connectivity index (χ0) is 13.7. The number of amides is 1. The molecule has 2 unspecified atom stereocenters. The fourth-order valence-corrected chi connectivity index (χ4v) is 2.63. The van der Waals surface area contributed by atoms with Crippen molar-refractivity contribution in [1.82, 2.24) is 10.6 Å². The van der Waals surface area contributed by atoms with Gasteiger partial charge in [-0.3, -0.25) is 9.79 Å². The second kappa shape index (κ2) is 7.02. The van der Waals surface area contributed by atoms with Crippen LogP contribution in [0.5, 0.6) is 0 Å². The SMILES string of the molecule is CC(C)CNC(=O)C(C)NC1=NCC(C(C)C)S1. The van der Waals surface area contributed by atoms with Crippen molar-refractivity contribution in [3.63, 3.8) is 0 Å². The monoisotopic (exact) mass is 271 g/mol. The van der Waals surface area contributed by atoms with Crippen molar-refractivity contribution in [2.75, 3.05) is 13.1 Å². The van der Waals surface area contributed by atoms with E-state index < -0.39 is 0 Å². The molecule has 0 aromatic rings. The van der Waals surface area contributed by atoms with Gasteiger partial charge in [0.25, 0.3) is 0 Å². The van der Waals surface area contributed by atoms with Gasteiger partial charge in [0.15, 0.2) is 5.17 Å². The highest BCUT2D eigenvalue weighted by atomic mass is 32.2. The molecule has 1 amide bonds. The van der Waals surface area contributed by atoms with Gasteiger partial charge in [-0.2, -0.15) is 0 Å². The van der Waals surface area contributed by atoms with Crippen molar-refractivity contribution in [1.29, 1.82) is 0 Å². The molecule has 0 aromatic carbocycles. The summed E-state index contributed by atoms with van der Waals surface area (Å²) in [6, 6.07) is -0.221. The van der Waals surface area contributed by atoms with Gasteiger partial charge in [-0.25, -0.2) is 0 Å². The number of thioether (sulfide) groups is 1. The van der Waals surface area contributed by atoms with Crippen LogP contribution < -0.4 is 10.6 Å². The minimum Gasteiger partial charge on any atom is -0.354 e. The molecule has 5 heteroatoms. The first-order valence-electron chi connectivity index (χ1n) is 6.65. The number of amidine groups is 1. The van der Waals surface area contributed by atoms with E-state index in [0.29, 0.717) is 17.1 Å². The Balaban J connectivity index is 2.32. The summed E-state index contributed by atoms with van der Waals surface area (Å²) in [5.74, 6) is 1.13. The lowest BCUT2D eigenvalue weighted by Crippen LogP contribution is -2.44. The Morgan fingerprint density at radius 2 is 2.06 bits per heavy atom. The van der Waals surface area contributed by atoms with E-state index in [1.165, 1.54) is 0 Å². The molecule has 0 aliphatic carbocycles. The number of rotatable bonds is 5. The first kappa shape index (κ1) is 15.3. The van der Waals surface area contributed by atoms with Crippen LogP contribution in [0.4, 0.5) is 0 Å². The minimum atomic E-state index is -0.221. The molecule has 0 fully saturated rings. The maximum absolute atomic E-state index is 11.8. The summed E-state index contributed by atoms with van der Waals surface area (Å²) in [6.07, 6.45) is 0. The Hall–Kier alpha value is -0.710. The van der Waals surface area contributed by atoms with Crippen LogP contribution in [0.15, 0.2) is 4.99 Å². The van der Waals surface area contributed by atoms with Crippen LogP contribution >= 0.6 is 11.8 Å². The van der Waals surface area contributed by atoms with Gasteiger partial charge in [-0.1, -0.05) is 39.5 Å². The number of aliphatic imine (C=N–C) groups is 1. The molecular weight excluding hydrogens is 246 g/mol. The lowest BCUT2D eigenvalue weighted by molar-refractivity contribution is -0.122. The third-order valence-corrected chi connectivity index (χ3v) is 4.31. The average molecular weight is 271 g/mol. The van der Waals surface area contributed by atoms with Crippen molar-refractivity contribution in [3.05, 3.63) is 0 Å². The molecule has 0 aromatic heterocycles. The highest BCUT2D eigenvalue weighted by Gasteiger charge is 2.24. The van der Waals surface area contributed by atoms with E-state index in [2.05, 4.69) is 43.3 Å². The summed E-state index contributed by atoms with van der Waals surface area (Å²) < 4.78 is 0. The molecule has 0 saturated heterocycles. The van der Waals surface area contributed by atoms with E-state index in [1.54, 1.807) is 11.8 Å². The van der Waals surface area contributed by atoms with Crippen molar-refractivity contribution in [2.45, 2.75) is 45.9 Å². The molecule has 2 N–H and O–H groups in total. The minimum absolute atomic E-state index is 0.0417. The zero-order valence-corrected chi connectivity index (χ0v) is 12.8. The normalized spacial score (nSPS) is 21.1. The largest absolute Gasteiger partial charge is 0.354 e. The van der Waals surface area contributed by atoms with Crippen LogP contribution in [0.2, 0.25) is 0 Å². The van der Waals surface area contributed by atoms with E-state index >= 15 is 0 Å². The standard InChI is InChI=1S/C13H25N3OS/c1-8(2)6-14-12(17)10(5)16-13-15-7-11(18-13)9(3)4/h8-11H,6-7H2,1-5H3,(H,14,17)(H,15,16). The van der Waals surface area contributed by atoms with Crippen LogP contribution in [0.3, 0.4) is 0 Å². The maximum atomic E-state index is 11.8. The third kappa shape index (κ3) is 4.88. The molecule has 4 nitrogen and oxygen atoms in total. The quantitative estimate of drug-likeness (QED) is 0.802. The van der Waals surface area contributed by atoms with E-state index in [4.69, 9.17) is 0 Å². The van der Waals surface area contributed by atoms with Crippen LogP contribution in [0.25, 0.3) is 0 Å².